The normalized spacial score (nSPS) is 21.0. The van der Waals surface area contributed by atoms with Crippen LogP contribution in [0.25, 0.3) is 21.2 Å². The first-order valence-corrected chi connectivity index (χ1v) is 11.8. The molecule has 3 heterocycles. The Labute approximate surface area is 186 Å². The number of aliphatic hydroxyl groups is 1. The molecule has 1 N–H and O–H groups in total. The smallest absolute Gasteiger partial charge is 0.137 e. The Morgan fingerprint density at radius 2 is 2.13 bits per heavy atom. The van der Waals surface area contributed by atoms with Gasteiger partial charge in [-0.15, -0.1) is 11.3 Å². The number of β-amino-alcohol motifs (C(OH)–C–C–N with tert-alkyl or cyclic N) is 1. The molecule has 0 saturated carbocycles. The number of aromatic nitrogens is 1. The highest BCUT2D eigenvalue weighted by Gasteiger charge is 2.29. The van der Waals surface area contributed by atoms with Crippen LogP contribution in [0.5, 0.6) is 5.75 Å². The van der Waals surface area contributed by atoms with Gasteiger partial charge in [0.15, 0.2) is 0 Å². The van der Waals surface area contributed by atoms with E-state index in [0.29, 0.717) is 18.5 Å². The number of likely N-dealkylation sites (tertiary alicyclic amines) is 1. The Balaban J connectivity index is 1.18. The molecule has 1 aliphatic heterocycles. The van der Waals surface area contributed by atoms with Gasteiger partial charge in [-0.1, -0.05) is 18.2 Å². The molecule has 5 rings (SSSR count). The van der Waals surface area contributed by atoms with Crippen LogP contribution in [0.4, 0.5) is 0 Å². The standard InChI is InChI=1S/C25H28N2O3S/c1-16-5-3-8-23-24(16)26-25(31-23)18-9-11-27(17(2)13-18)14-19(28)15-30-22-7-4-6-21-20(22)10-12-29-21/h3-8,10,12,17-19,28H,9,11,13-15H2,1-2H3/t17?,18?,19-/m0/s1. The van der Waals surface area contributed by atoms with Gasteiger partial charge in [0.2, 0.25) is 0 Å². The molecule has 1 aliphatic rings. The van der Waals surface area contributed by atoms with Gasteiger partial charge in [-0.3, -0.25) is 4.90 Å². The summed E-state index contributed by atoms with van der Waals surface area (Å²) in [7, 11) is 0. The second-order valence-electron chi connectivity index (χ2n) is 8.59. The third-order valence-corrected chi connectivity index (χ3v) is 7.52. The fourth-order valence-corrected chi connectivity index (χ4v) is 5.79. The zero-order valence-electron chi connectivity index (χ0n) is 18.0. The highest BCUT2D eigenvalue weighted by molar-refractivity contribution is 7.18. The Morgan fingerprint density at radius 3 is 2.97 bits per heavy atom. The van der Waals surface area contributed by atoms with Crippen molar-refractivity contribution in [1.29, 1.82) is 0 Å². The summed E-state index contributed by atoms with van der Waals surface area (Å²) in [4.78, 5) is 7.34. The number of furan rings is 1. The number of fused-ring (bicyclic) bond motifs is 2. The van der Waals surface area contributed by atoms with Crippen molar-refractivity contribution in [2.45, 2.75) is 44.8 Å². The van der Waals surface area contributed by atoms with E-state index in [-0.39, 0.29) is 6.61 Å². The number of hydrogen-bond acceptors (Lipinski definition) is 6. The van der Waals surface area contributed by atoms with E-state index in [1.54, 1.807) is 6.26 Å². The van der Waals surface area contributed by atoms with Crippen molar-refractivity contribution in [2.24, 2.45) is 0 Å². The fourth-order valence-electron chi connectivity index (χ4n) is 4.60. The molecule has 0 radical (unpaired) electrons. The van der Waals surface area contributed by atoms with Crippen molar-refractivity contribution in [3.8, 4) is 5.75 Å². The number of piperidine rings is 1. The second-order valence-corrected chi connectivity index (χ2v) is 9.65. The topological polar surface area (TPSA) is 58.7 Å². The third kappa shape index (κ3) is 4.20. The summed E-state index contributed by atoms with van der Waals surface area (Å²) in [6, 6.07) is 14.4. The lowest BCUT2D eigenvalue weighted by Gasteiger charge is -2.38. The van der Waals surface area contributed by atoms with E-state index < -0.39 is 6.10 Å². The molecule has 0 amide bonds. The van der Waals surface area contributed by atoms with Gasteiger partial charge < -0.3 is 14.3 Å². The van der Waals surface area contributed by atoms with Crippen LogP contribution in [0, 0.1) is 6.92 Å². The van der Waals surface area contributed by atoms with Gasteiger partial charge in [0, 0.05) is 18.5 Å². The lowest BCUT2D eigenvalue weighted by Crippen LogP contribution is -2.45. The third-order valence-electron chi connectivity index (χ3n) is 6.33. The van der Waals surface area contributed by atoms with Crippen LogP contribution in [0.1, 0.15) is 36.3 Å². The molecule has 2 aromatic heterocycles. The number of ether oxygens (including phenoxy) is 1. The van der Waals surface area contributed by atoms with Crippen LogP contribution >= 0.6 is 11.3 Å². The molecule has 0 aliphatic carbocycles. The molecular formula is C25H28N2O3S. The average Bonchev–Trinajstić information content (AvgIpc) is 3.41. The largest absolute Gasteiger partial charge is 0.490 e. The molecule has 0 bridgehead atoms. The number of para-hydroxylation sites is 1. The van der Waals surface area contributed by atoms with Crippen LogP contribution in [-0.2, 0) is 0 Å². The number of nitrogens with zero attached hydrogens (tertiary/aromatic N) is 2. The predicted molar refractivity (Wildman–Crippen MR) is 125 cm³/mol. The van der Waals surface area contributed by atoms with Crippen molar-refractivity contribution in [1.82, 2.24) is 9.88 Å². The maximum atomic E-state index is 10.6. The van der Waals surface area contributed by atoms with E-state index in [2.05, 4.69) is 36.9 Å². The van der Waals surface area contributed by atoms with Gasteiger partial charge in [0.1, 0.15) is 24.0 Å². The molecule has 4 aromatic rings. The van der Waals surface area contributed by atoms with Crippen molar-refractivity contribution in [3.05, 3.63) is 59.3 Å². The summed E-state index contributed by atoms with van der Waals surface area (Å²) in [5.74, 6) is 1.25. The van der Waals surface area contributed by atoms with Gasteiger partial charge in [-0.05, 0) is 63.1 Å². The van der Waals surface area contributed by atoms with Gasteiger partial charge in [-0.25, -0.2) is 4.98 Å². The number of aliphatic hydroxyl groups excluding tert-OH is 1. The minimum absolute atomic E-state index is 0.272. The van der Waals surface area contributed by atoms with Crippen LogP contribution in [0.3, 0.4) is 0 Å². The van der Waals surface area contributed by atoms with Gasteiger partial charge in [0.05, 0.1) is 26.9 Å². The highest BCUT2D eigenvalue weighted by Crippen LogP contribution is 2.36. The van der Waals surface area contributed by atoms with Gasteiger partial charge in [0.25, 0.3) is 0 Å². The summed E-state index contributed by atoms with van der Waals surface area (Å²) in [5, 5.41) is 12.8. The van der Waals surface area contributed by atoms with E-state index in [1.807, 2.05) is 35.6 Å². The predicted octanol–water partition coefficient (Wildman–Crippen LogP) is 5.36. The Morgan fingerprint density at radius 1 is 1.26 bits per heavy atom. The molecule has 162 valence electrons. The van der Waals surface area contributed by atoms with E-state index in [9.17, 15) is 5.11 Å². The summed E-state index contributed by atoms with van der Waals surface area (Å²) < 4.78 is 12.6. The zero-order valence-corrected chi connectivity index (χ0v) is 18.8. The number of hydrogen-bond donors (Lipinski definition) is 1. The Hall–Kier alpha value is -2.41. The maximum absolute atomic E-state index is 10.6. The van der Waals surface area contributed by atoms with E-state index >= 15 is 0 Å². The monoisotopic (exact) mass is 436 g/mol. The molecule has 3 atom stereocenters. The number of rotatable bonds is 6. The molecule has 31 heavy (non-hydrogen) atoms. The molecule has 1 saturated heterocycles. The summed E-state index contributed by atoms with van der Waals surface area (Å²) >= 11 is 1.84. The molecule has 0 spiro atoms. The van der Waals surface area contributed by atoms with Crippen LogP contribution in [0.2, 0.25) is 0 Å². The quantitative estimate of drug-likeness (QED) is 0.441. The highest BCUT2D eigenvalue weighted by atomic mass is 32.1. The number of benzene rings is 2. The molecule has 2 aromatic carbocycles. The number of thiazole rings is 1. The first-order valence-electron chi connectivity index (χ1n) is 11.0. The Kier molecular flexibility index (Phi) is 5.69. The van der Waals surface area contributed by atoms with Crippen LogP contribution in [-0.4, -0.2) is 46.8 Å². The fraction of sp³-hybridized carbons (Fsp3) is 0.400. The first kappa shape index (κ1) is 20.5. The molecule has 5 nitrogen and oxygen atoms in total. The first-order chi connectivity index (χ1) is 15.1. The summed E-state index contributed by atoms with van der Waals surface area (Å²) in [5.41, 5.74) is 3.20. The van der Waals surface area contributed by atoms with E-state index in [1.165, 1.54) is 15.3 Å². The van der Waals surface area contributed by atoms with Crippen LogP contribution in [0.15, 0.2) is 53.1 Å². The SMILES string of the molecule is Cc1cccc2sc(C3CCN(C[C@H](O)COc4cccc5occc45)C(C)C3)nc12. The number of aryl methyl sites for hydroxylation is 1. The summed E-state index contributed by atoms with van der Waals surface area (Å²) in [6.07, 6.45) is 3.27. The lowest BCUT2D eigenvalue weighted by molar-refractivity contribution is 0.0405. The van der Waals surface area contributed by atoms with Crippen molar-refractivity contribution < 1.29 is 14.3 Å². The van der Waals surface area contributed by atoms with Crippen molar-refractivity contribution in [3.63, 3.8) is 0 Å². The van der Waals surface area contributed by atoms with Crippen LogP contribution < -0.4 is 4.74 Å². The van der Waals surface area contributed by atoms with Crippen molar-refractivity contribution >= 4 is 32.5 Å². The van der Waals surface area contributed by atoms with Crippen molar-refractivity contribution in [2.75, 3.05) is 19.7 Å². The van der Waals surface area contributed by atoms with Gasteiger partial charge >= 0.3 is 0 Å². The Bertz CT molecular complexity index is 1180. The zero-order chi connectivity index (χ0) is 21.4. The minimum Gasteiger partial charge on any atom is -0.490 e. The minimum atomic E-state index is -0.536. The average molecular weight is 437 g/mol. The molecule has 2 unspecified atom stereocenters. The maximum Gasteiger partial charge on any atom is 0.137 e. The molecule has 1 fully saturated rings. The molecule has 6 heteroatoms. The van der Waals surface area contributed by atoms with Gasteiger partial charge in [-0.2, -0.15) is 0 Å². The van der Waals surface area contributed by atoms with E-state index in [0.717, 1.165) is 41.6 Å². The lowest BCUT2D eigenvalue weighted by atomic mass is 9.92. The van der Waals surface area contributed by atoms with E-state index in [4.69, 9.17) is 14.1 Å². The second kappa shape index (κ2) is 8.61. The summed E-state index contributed by atoms with van der Waals surface area (Å²) in [6.45, 7) is 6.25. The molecular weight excluding hydrogens is 408 g/mol.